The molecular formula is C25H28FN9O2. The van der Waals surface area contributed by atoms with E-state index in [1.54, 1.807) is 40.1 Å². The number of benzene rings is 1. The van der Waals surface area contributed by atoms with Crippen LogP contribution in [0.3, 0.4) is 0 Å². The van der Waals surface area contributed by atoms with Crippen molar-refractivity contribution in [3.63, 3.8) is 0 Å². The van der Waals surface area contributed by atoms with Gasteiger partial charge in [-0.1, -0.05) is 34.2 Å². The van der Waals surface area contributed by atoms with E-state index in [4.69, 9.17) is 0 Å². The van der Waals surface area contributed by atoms with Crippen LogP contribution in [-0.4, -0.2) is 46.8 Å². The van der Waals surface area contributed by atoms with Gasteiger partial charge in [0, 0.05) is 37.1 Å². The molecule has 0 saturated heterocycles. The van der Waals surface area contributed by atoms with Gasteiger partial charge in [0.15, 0.2) is 11.5 Å². The van der Waals surface area contributed by atoms with Gasteiger partial charge in [-0.25, -0.2) is 4.39 Å². The molecule has 2 amide bonds. The van der Waals surface area contributed by atoms with Gasteiger partial charge in [-0.05, 0) is 44.4 Å². The molecule has 11 nitrogen and oxygen atoms in total. The summed E-state index contributed by atoms with van der Waals surface area (Å²) in [5, 5.41) is 21.3. The van der Waals surface area contributed by atoms with E-state index in [1.807, 2.05) is 26.0 Å². The quantitative estimate of drug-likeness (QED) is 0.299. The smallest absolute Gasteiger partial charge is 0.273 e. The minimum absolute atomic E-state index is 0.0721. The van der Waals surface area contributed by atoms with E-state index >= 15 is 0 Å². The van der Waals surface area contributed by atoms with Crippen molar-refractivity contribution in [3.05, 3.63) is 82.8 Å². The molecule has 0 radical (unpaired) electrons. The van der Waals surface area contributed by atoms with Crippen molar-refractivity contribution in [2.45, 2.75) is 52.7 Å². The van der Waals surface area contributed by atoms with Gasteiger partial charge in [0.2, 0.25) is 5.91 Å². The summed E-state index contributed by atoms with van der Waals surface area (Å²) in [6.45, 7) is 5.00. The van der Waals surface area contributed by atoms with E-state index in [0.29, 0.717) is 24.5 Å². The number of nitrogens with zero attached hydrogens (tertiary/aromatic N) is 7. The third-order valence-corrected chi connectivity index (χ3v) is 5.58. The highest BCUT2D eigenvalue weighted by Gasteiger charge is 2.12. The van der Waals surface area contributed by atoms with Gasteiger partial charge in [0.25, 0.3) is 5.91 Å². The molecule has 192 valence electrons. The Morgan fingerprint density at radius 1 is 0.973 bits per heavy atom. The number of pyridine rings is 1. The van der Waals surface area contributed by atoms with E-state index in [1.165, 1.54) is 6.07 Å². The van der Waals surface area contributed by atoms with Crippen LogP contribution in [0.4, 0.5) is 10.2 Å². The maximum absolute atomic E-state index is 13.9. The highest BCUT2D eigenvalue weighted by Crippen LogP contribution is 2.10. The second kappa shape index (κ2) is 12.0. The first-order valence-electron chi connectivity index (χ1n) is 11.9. The molecule has 12 heteroatoms. The zero-order valence-electron chi connectivity index (χ0n) is 20.7. The van der Waals surface area contributed by atoms with Crippen molar-refractivity contribution in [2.24, 2.45) is 0 Å². The maximum Gasteiger partial charge on any atom is 0.273 e. The van der Waals surface area contributed by atoms with Crippen LogP contribution >= 0.6 is 0 Å². The Morgan fingerprint density at radius 2 is 1.73 bits per heavy atom. The fraction of sp³-hybridized carbons (Fsp3) is 0.320. The first-order valence-corrected chi connectivity index (χ1v) is 11.9. The average Bonchev–Trinajstić information content (AvgIpc) is 3.53. The maximum atomic E-state index is 13.9. The van der Waals surface area contributed by atoms with Gasteiger partial charge in [0.05, 0.1) is 18.8 Å². The summed E-state index contributed by atoms with van der Waals surface area (Å²) < 4.78 is 17.1. The van der Waals surface area contributed by atoms with Gasteiger partial charge in [-0.15, -0.1) is 10.2 Å². The standard InChI is InChI=1S/C25H28FN9O2/c1-17-5-8-21(26)20(11-17)14-28-25(37)22-15-34(32-30-22)9-3-4-10-35-16-23(31-33-35)29-24(36)12-19-7-6-18(2)27-13-19/h5-8,11,13,15-16H,3-4,9-10,12,14H2,1-2H3,(H,28,37)(H,29,36). The van der Waals surface area contributed by atoms with Crippen molar-refractivity contribution in [1.82, 2.24) is 40.3 Å². The van der Waals surface area contributed by atoms with Crippen molar-refractivity contribution in [2.75, 3.05) is 5.32 Å². The molecule has 0 spiro atoms. The van der Waals surface area contributed by atoms with Crippen LogP contribution in [0.25, 0.3) is 0 Å². The molecule has 0 atom stereocenters. The number of halogens is 1. The summed E-state index contributed by atoms with van der Waals surface area (Å²) >= 11 is 0. The molecule has 1 aromatic carbocycles. The van der Waals surface area contributed by atoms with E-state index < -0.39 is 5.91 Å². The van der Waals surface area contributed by atoms with Crippen LogP contribution < -0.4 is 10.6 Å². The molecule has 3 aromatic heterocycles. The van der Waals surface area contributed by atoms with Crippen LogP contribution in [0.2, 0.25) is 0 Å². The lowest BCUT2D eigenvalue weighted by Gasteiger charge is -2.05. The van der Waals surface area contributed by atoms with Crippen LogP contribution in [0.5, 0.6) is 0 Å². The molecule has 4 aromatic rings. The molecule has 0 bridgehead atoms. The Labute approximate surface area is 213 Å². The predicted molar refractivity (Wildman–Crippen MR) is 133 cm³/mol. The summed E-state index contributed by atoms with van der Waals surface area (Å²) in [4.78, 5) is 28.7. The van der Waals surface area contributed by atoms with Crippen LogP contribution in [0.1, 0.15) is 45.7 Å². The highest BCUT2D eigenvalue weighted by atomic mass is 19.1. The molecule has 2 N–H and O–H groups in total. The minimum Gasteiger partial charge on any atom is -0.346 e. The zero-order valence-corrected chi connectivity index (χ0v) is 20.7. The number of carbonyl (C=O) groups is 2. The van der Waals surface area contributed by atoms with Crippen LogP contribution in [0.15, 0.2) is 48.9 Å². The monoisotopic (exact) mass is 505 g/mol. The summed E-state index contributed by atoms with van der Waals surface area (Å²) in [5.41, 5.74) is 3.23. The number of carbonyl (C=O) groups excluding carboxylic acids is 2. The number of hydrogen-bond donors (Lipinski definition) is 2. The topological polar surface area (TPSA) is 133 Å². The van der Waals surface area contributed by atoms with Crippen molar-refractivity contribution < 1.29 is 14.0 Å². The molecule has 0 unspecified atom stereocenters. The van der Waals surface area contributed by atoms with Crippen LogP contribution in [-0.2, 0) is 30.8 Å². The number of amides is 2. The molecule has 37 heavy (non-hydrogen) atoms. The normalized spacial score (nSPS) is 10.9. The number of rotatable bonds is 11. The van der Waals surface area contributed by atoms with Gasteiger partial charge in [0.1, 0.15) is 5.82 Å². The second-order valence-corrected chi connectivity index (χ2v) is 8.75. The Kier molecular flexibility index (Phi) is 8.29. The van der Waals surface area contributed by atoms with E-state index in [2.05, 4.69) is 36.2 Å². The zero-order chi connectivity index (χ0) is 26.2. The van der Waals surface area contributed by atoms with Crippen molar-refractivity contribution >= 4 is 17.6 Å². The van der Waals surface area contributed by atoms with E-state index in [9.17, 15) is 14.0 Å². The third kappa shape index (κ3) is 7.50. The number of aryl methyl sites for hydroxylation is 4. The first-order chi connectivity index (χ1) is 17.9. The second-order valence-electron chi connectivity index (χ2n) is 8.75. The Bertz CT molecular complexity index is 1360. The molecule has 0 fully saturated rings. The van der Waals surface area contributed by atoms with E-state index in [0.717, 1.165) is 29.7 Å². The average molecular weight is 506 g/mol. The summed E-state index contributed by atoms with van der Waals surface area (Å²) in [6.07, 6.45) is 6.68. The fourth-order valence-electron chi connectivity index (χ4n) is 3.60. The Hall–Kier alpha value is -4.48. The van der Waals surface area contributed by atoms with Gasteiger partial charge in [-0.3, -0.25) is 23.9 Å². The van der Waals surface area contributed by atoms with Crippen LogP contribution in [0, 0.1) is 19.7 Å². The number of aromatic nitrogens is 7. The lowest BCUT2D eigenvalue weighted by atomic mass is 10.1. The molecule has 4 rings (SSSR count). The SMILES string of the molecule is Cc1ccc(F)c(CNC(=O)c2cn(CCCCn3cc(NC(=O)Cc4ccc(C)nc4)nn3)nn2)c1. The lowest BCUT2D eigenvalue weighted by molar-refractivity contribution is -0.115. The van der Waals surface area contributed by atoms with Gasteiger partial charge in [-0.2, -0.15) is 0 Å². The van der Waals surface area contributed by atoms with Crippen molar-refractivity contribution in [3.8, 4) is 0 Å². The van der Waals surface area contributed by atoms with Gasteiger partial charge >= 0.3 is 0 Å². The van der Waals surface area contributed by atoms with E-state index in [-0.39, 0.29) is 30.4 Å². The number of anilines is 1. The minimum atomic E-state index is -0.414. The molecule has 0 aliphatic rings. The molecule has 0 aliphatic heterocycles. The summed E-state index contributed by atoms with van der Waals surface area (Å²) in [7, 11) is 0. The Morgan fingerprint density at radius 3 is 2.49 bits per heavy atom. The molecular weight excluding hydrogens is 477 g/mol. The van der Waals surface area contributed by atoms with Crippen molar-refractivity contribution in [1.29, 1.82) is 0 Å². The molecule has 0 saturated carbocycles. The highest BCUT2D eigenvalue weighted by molar-refractivity contribution is 5.92. The number of unbranched alkanes of at least 4 members (excludes halogenated alkanes) is 1. The summed E-state index contributed by atoms with van der Waals surface area (Å²) in [5.74, 6) is -0.575. The largest absolute Gasteiger partial charge is 0.346 e. The number of nitrogens with one attached hydrogen (secondary N) is 2. The number of hydrogen-bond acceptors (Lipinski definition) is 7. The molecule has 0 aliphatic carbocycles. The predicted octanol–water partition coefficient (Wildman–Crippen LogP) is 2.61. The summed E-state index contributed by atoms with van der Waals surface area (Å²) in [6, 6.07) is 8.49. The molecule has 3 heterocycles. The Balaban J connectivity index is 1.16. The fourth-order valence-corrected chi connectivity index (χ4v) is 3.60. The third-order valence-electron chi connectivity index (χ3n) is 5.58. The van der Waals surface area contributed by atoms with Gasteiger partial charge < -0.3 is 10.6 Å². The lowest BCUT2D eigenvalue weighted by Crippen LogP contribution is -2.23. The first kappa shape index (κ1) is 25.6.